The van der Waals surface area contributed by atoms with Crippen LogP contribution in [0.3, 0.4) is 0 Å². The van der Waals surface area contributed by atoms with E-state index in [0.717, 1.165) is 0 Å². The quantitative estimate of drug-likeness (QED) is 0.585. The molecular formula is C3H7Ta. The molecule has 0 nitrogen and oxygen atoms in total. The first-order valence-corrected chi connectivity index (χ1v) is 9.34. The zero-order chi connectivity index (χ0) is 2.99. The van der Waals surface area contributed by atoms with Crippen LogP contribution in [0.2, 0.25) is 14.4 Å². The van der Waals surface area contributed by atoms with Crippen molar-refractivity contribution in [3.8, 4) is 0 Å². The maximum atomic E-state index is 2.48. The first-order valence-electron chi connectivity index (χ1n) is 1.58. The van der Waals surface area contributed by atoms with Crippen LogP contribution in [0, 0.1) is 0 Å². The molecule has 0 atom stereocenters. The van der Waals surface area contributed by atoms with Crippen LogP contribution in [-0.2, 0) is 18.4 Å². The fourth-order valence-corrected chi connectivity index (χ4v) is 6.70. The number of hydrogen-bond donors (Lipinski definition) is 0. The molecule has 1 aliphatic heterocycles. The molecule has 0 saturated carbocycles. The molecule has 0 radical (unpaired) electrons. The Labute approximate surface area is 33.3 Å². The van der Waals surface area contributed by atoms with E-state index in [-0.39, 0.29) is 18.4 Å². The van der Waals surface area contributed by atoms with Crippen molar-refractivity contribution in [2.75, 3.05) is 0 Å². The van der Waals surface area contributed by atoms with Crippen LogP contribution in [0.1, 0.15) is 0 Å². The van der Waals surface area contributed by atoms with Gasteiger partial charge in [0.25, 0.3) is 0 Å². The monoisotopic (exact) mass is 224 g/mol. The molecule has 0 amide bonds. The summed E-state index contributed by atoms with van der Waals surface area (Å²) >= 11 is -0.343. The van der Waals surface area contributed by atoms with Gasteiger partial charge in [0, 0.05) is 0 Å². The van der Waals surface area contributed by atoms with E-state index in [1.54, 1.807) is 9.28 Å². The third-order valence-corrected chi connectivity index (χ3v) is 5.49. The summed E-state index contributed by atoms with van der Waals surface area (Å²) in [5.41, 5.74) is 0. The van der Waals surface area contributed by atoms with Crippen molar-refractivity contribution in [2.24, 2.45) is 0 Å². The fraction of sp³-hybridized carbons (Fsp3) is 1.00. The van der Waals surface area contributed by atoms with E-state index >= 15 is 0 Å². The SMILES string of the molecule is [CH3][Ta]1[CH2][CH2]1. The van der Waals surface area contributed by atoms with Crippen molar-refractivity contribution >= 4 is 0 Å². The second kappa shape index (κ2) is 0.852. The molecule has 0 aromatic rings. The molecule has 0 bridgehead atoms. The van der Waals surface area contributed by atoms with Gasteiger partial charge < -0.3 is 0 Å². The third kappa shape index (κ3) is 0.593. The molecule has 0 aliphatic carbocycles. The summed E-state index contributed by atoms with van der Waals surface area (Å²) in [5, 5.41) is 2.48. The maximum absolute atomic E-state index is 2.48. The summed E-state index contributed by atoms with van der Waals surface area (Å²) in [6, 6.07) is 0. The summed E-state index contributed by atoms with van der Waals surface area (Å²) < 4.78 is 3.38. The molecule has 0 aromatic heterocycles. The Morgan fingerprint density at radius 1 is 1.50 bits per heavy atom. The molecular weight excluding hydrogens is 217 g/mol. The molecule has 1 heterocycles. The molecule has 1 fully saturated rings. The molecule has 0 spiro atoms. The summed E-state index contributed by atoms with van der Waals surface area (Å²) in [4.78, 5) is 0. The van der Waals surface area contributed by atoms with E-state index in [9.17, 15) is 0 Å². The average molecular weight is 224 g/mol. The van der Waals surface area contributed by atoms with Gasteiger partial charge in [0.2, 0.25) is 0 Å². The second-order valence-corrected chi connectivity index (χ2v) is 10.7. The van der Waals surface area contributed by atoms with Crippen molar-refractivity contribution in [1.82, 2.24) is 0 Å². The first-order chi connectivity index (χ1) is 1.89. The summed E-state index contributed by atoms with van der Waals surface area (Å²) in [7, 11) is 0. The molecule has 0 N–H and O–H groups in total. The Hall–Kier alpha value is 0.740. The van der Waals surface area contributed by atoms with Gasteiger partial charge in [-0.25, -0.2) is 0 Å². The Balaban J connectivity index is 2.17. The topological polar surface area (TPSA) is 0 Å². The van der Waals surface area contributed by atoms with Crippen LogP contribution in [0.25, 0.3) is 0 Å². The van der Waals surface area contributed by atoms with E-state index in [1.165, 1.54) is 0 Å². The fourth-order valence-electron chi connectivity index (χ4n) is 0.1000. The zero-order valence-electron chi connectivity index (χ0n) is 2.86. The average Bonchev–Trinajstić information content (AvgIpc) is 1.75. The Kier molecular flexibility index (Phi) is 0.629. The minimum absolute atomic E-state index is 0.343. The van der Waals surface area contributed by atoms with Crippen molar-refractivity contribution in [2.45, 2.75) is 14.4 Å². The molecule has 0 aromatic carbocycles. The Morgan fingerprint density at radius 2 is 1.75 bits per heavy atom. The van der Waals surface area contributed by atoms with Crippen molar-refractivity contribution < 1.29 is 18.4 Å². The summed E-state index contributed by atoms with van der Waals surface area (Å²) in [5.74, 6) is 0. The molecule has 4 heavy (non-hydrogen) atoms. The molecule has 1 saturated heterocycles. The van der Waals surface area contributed by atoms with E-state index in [1.807, 2.05) is 0 Å². The Morgan fingerprint density at radius 3 is 1.75 bits per heavy atom. The van der Waals surface area contributed by atoms with Crippen LogP contribution in [0.5, 0.6) is 0 Å². The summed E-state index contributed by atoms with van der Waals surface area (Å²) in [6.07, 6.45) is 0. The molecule has 1 aliphatic rings. The first kappa shape index (κ1) is 2.95. The van der Waals surface area contributed by atoms with Gasteiger partial charge in [-0.1, -0.05) is 0 Å². The van der Waals surface area contributed by atoms with Crippen LogP contribution in [0.15, 0.2) is 0 Å². The minimum atomic E-state index is -0.343. The number of rotatable bonds is 0. The second-order valence-electron chi connectivity index (χ2n) is 1.30. The van der Waals surface area contributed by atoms with Crippen molar-refractivity contribution in [1.29, 1.82) is 0 Å². The van der Waals surface area contributed by atoms with Crippen LogP contribution < -0.4 is 0 Å². The van der Waals surface area contributed by atoms with E-state index in [4.69, 9.17) is 0 Å². The predicted octanol–water partition coefficient (Wildman–Crippen LogP) is 1.50. The van der Waals surface area contributed by atoms with Gasteiger partial charge in [-0.15, -0.1) is 0 Å². The van der Waals surface area contributed by atoms with Crippen LogP contribution >= 0.6 is 0 Å². The molecule has 1 rings (SSSR count). The van der Waals surface area contributed by atoms with Crippen molar-refractivity contribution in [3.63, 3.8) is 0 Å². The third-order valence-electron chi connectivity index (χ3n) is 0.671. The van der Waals surface area contributed by atoms with E-state index in [0.29, 0.717) is 0 Å². The Bertz CT molecular complexity index is 22.5. The van der Waals surface area contributed by atoms with Gasteiger partial charge in [0.05, 0.1) is 0 Å². The molecule has 0 unspecified atom stereocenters. The predicted molar refractivity (Wildman–Crippen MR) is 15.5 cm³/mol. The van der Waals surface area contributed by atoms with Gasteiger partial charge in [0.15, 0.2) is 0 Å². The van der Waals surface area contributed by atoms with Gasteiger partial charge >= 0.3 is 32.9 Å². The van der Waals surface area contributed by atoms with Gasteiger partial charge in [-0.3, -0.25) is 0 Å². The zero-order valence-corrected chi connectivity index (χ0v) is 6.07. The van der Waals surface area contributed by atoms with Crippen LogP contribution in [-0.4, -0.2) is 0 Å². The normalized spacial score (nSPS) is 26.2. The van der Waals surface area contributed by atoms with Crippen LogP contribution in [0.4, 0.5) is 0 Å². The van der Waals surface area contributed by atoms with Crippen molar-refractivity contribution in [3.05, 3.63) is 0 Å². The van der Waals surface area contributed by atoms with Gasteiger partial charge in [-0.05, 0) is 0 Å². The van der Waals surface area contributed by atoms with Gasteiger partial charge in [0.1, 0.15) is 0 Å². The van der Waals surface area contributed by atoms with E-state index < -0.39 is 0 Å². The van der Waals surface area contributed by atoms with Gasteiger partial charge in [-0.2, -0.15) is 0 Å². The molecule has 24 valence electrons. The molecule has 1 heteroatoms. The summed E-state index contributed by atoms with van der Waals surface area (Å²) in [6.45, 7) is 0. The van der Waals surface area contributed by atoms with E-state index in [2.05, 4.69) is 5.14 Å². The standard InChI is InChI=1S/C2H4.CH3.Ta/c1-2;;/h1-2H2;1H3;. The number of hydrogen-bond acceptors (Lipinski definition) is 0.